The molecule has 3 heterocycles. The molecular weight excluding hydrogens is 330 g/mol. The van der Waals surface area contributed by atoms with Gasteiger partial charge in [0.2, 0.25) is 0 Å². The van der Waals surface area contributed by atoms with Gasteiger partial charge in [0.15, 0.2) is 0 Å². The van der Waals surface area contributed by atoms with Gasteiger partial charge in [0.1, 0.15) is 5.82 Å². The van der Waals surface area contributed by atoms with Crippen molar-refractivity contribution < 1.29 is 0 Å². The van der Waals surface area contributed by atoms with Crippen molar-refractivity contribution in [2.24, 2.45) is 0 Å². The number of hydrogen-bond acceptors (Lipinski definition) is 3. The van der Waals surface area contributed by atoms with Gasteiger partial charge in [-0.2, -0.15) is 0 Å². The second kappa shape index (κ2) is 6.65. The smallest absolute Gasteiger partial charge is 0.129 e. The minimum absolute atomic E-state index is 0.355. The maximum Gasteiger partial charge on any atom is 0.129 e. The van der Waals surface area contributed by atoms with E-state index in [1.807, 2.05) is 0 Å². The first kappa shape index (κ1) is 16.8. The molecule has 1 spiro atoms. The van der Waals surface area contributed by atoms with Gasteiger partial charge in [-0.15, -0.1) is 0 Å². The third-order valence-electron chi connectivity index (χ3n) is 6.80. The Morgan fingerprint density at radius 3 is 2.44 bits per heavy atom. The zero-order chi connectivity index (χ0) is 18.3. The predicted molar refractivity (Wildman–Crippen MR) is 112 cm³/mol. The third kappa shape index (κ3) is 3.00. The predicted octanol–water partition coefficient (Wildman–Crippen LogP) is 4.69. The number of para-hydroxylation sites is 1. The molecule has 0 amide bonds. The second-order valence-corrected chi connectivity index (χ2v) is 8.27. The van der Waals surface area contributed by atoms with Crippen LogP contribution in [0.5, 0.6) is 0 Å². The van der Waals surface area contributed by atoms with Gasteiger partial charge in [0, 0.05) is 30.6 Å². The normalized spacial score (nSPS) is 22.6. The molecule has 0 N–H and O–H groups in total. The minimum Gasteiger partial charge on any atom is -0.356 e. The lowest BCUT2D eigenvalue weighted by molar-refractivity contribution is 0.137. The van der Waals surface area contributed by atoms with E-state index >= 15 is 0 Å². The van der Waals surface area contributed by atoms with Crippen molar-refractivity contribution in [3.63, 3.8) is 0 Å². The van der Waals surface area contributed by atoms with Crippen molar-refractivity contribution in [1.29, 1.82) is 0 Å². The van der Waals surface area contributed by atoms with E-state index in [1.54, 1.807) is 0 Å². The molecule has 2 aromatic carbocycles. The number of likely N-dealkylation sites (tertiary alicyclic amines) is 1. The Labute approximate surface area is 161 Å². The first-order chi connectivity index (χ1) is 13.2. The Balaban J connectivity index is 1.32. The molecule has 3 aromatic rings. The van der Waals surface area contributed by atoms with Crippen LogP contribution in [0.3, 0.4) is 0 Å². The standard InChI is InChI=1S/C24H27N3/c1-26-18-21(19-7-3-2-4-8-19)17-24(26)13-15-27(16-14-24)23-12-11-20-9-5-6-10-22(20)25-23/h2-12,21H,13-18H2,1H3/t21-/m1/s1. The molecule has 138 valence electrons. The van der Waals surface area contributed by atoms with Crippen LogP contribution in [-0.2, 0) is 0 Å². The lowest BCUT2D eigenvalue weighted by Crippen LogP contribution is -2.50. The van der Waals surface area contributed by atoms with E-state index in [0.29, 0.717) is 11.5 Å². The summed E-state index contributed by atoms with van der Waals surface area (Å²) in [6.07, 6.45) is 3.73. The highest BCUT2D eigenvalue weighted by Crippen LogP contribution is 2.44. The Bertz CT molecular complexity index is 929. The van der Waals surface area contributed by atoms with Crippen LogP contribution < -0.4 is 4.90 Å². The van der Waals surface area contributed by atoms with Gasteiger partial charge >= 0.3 is 0 Å². The number of aromatic nitrogens is 1. The SMILES string of the molecule is CN1C[C@H](c2ccccc2)CC12CCN(c1ccc3ccccc3n1)CC2. The van der Waals surface area contributed by atoms with Crippen molar-refractivity contribution in [3.05, 3.63) is 72.3 Å². The molecule has 3 nitrogen and oxygen atoms in total. The monoisotopic (exact) mass is 357 g/mol. The Morgan fingerprint density at radius 2 is 1.63 bits per heavy atom. The fraction of sp³-hybridized carbons (Fsp3) is 0.375. The molecule has 5 rings (SSSR count). The van der Waals surface area contributed by atoms with Crippen molar-refractivity contribution in [2.45, 2.75) is 30.7 Å². The van der Waals surface area contributed by atoms with Crippen molar-refractivity contribution in [1.82, 2.24) is 9.88 Å². The van der Waals surface area contributed by atoms with Crippen LogP contribution >= 0.6 is 0 Å². The topological polar surface area (TPSA) is 19.4 Å². The van der Waals surface area contributed by atoms with E-state index < -0.39 is 0 Å². The van der Waals surface area contributed by atoms with E-state index in [1.165, 1.54) is 36.8 Å². The molecule has 0 aliphatic carbocycles. The number of fused-ring (bicyclic) bond motifs is 1. The summed E-state index contributed by atoms with van der Waals surface area (Å²) in [5.74, 6) is 1.80. The molecule has 2 saturated heterocycles. The highest BCUT2D eigenvalue weighted by Gasteiger charge is 2.45. The average Bonchev–Trinajstić information content (AvgIpc) is 3.05. The summed E-state index contributed by atoms with van der Waals surface area (Å²) >= 11 is 0. The van der Waals surface area contributed by atoms with Crippen molar-refractivity contribution in [2.75, 3.05) is 31.6 Å². The minimum atomic E-state index is 0.355. The second-order valence-electron chi connectivity index (χ2n) is 8.27. The lowest BCUT2D eigenvalue weighted by atomic mass is 9.81. The average molecular weight is 358 g/mol. The first-order valence-electron chi connectivity index (χ1n) is 10.1. The number of benzene rings is 2. The maximum absolute atomic E-state index is 4.91. The third-order valence-corrected chi connectivity index (χ3v) is 6.80. The molecule has 0 radical (unpaired) electrons. The number of hydrogen-bond donors (Lipinski definition) is 0. The number of anilines is 1. The molecule has 0 unspecified atom stereocenters. The van der Waals surface area contributed by atoms with Gasteiger partial charge in [-0.05, 0) is 56.0 Å². The Hall–Kier alpha value is -2.39. The first-order valence-corrected chi connectivity index (χ1v) is 10.1. The number of piperidine rings is 1. The van der Waals surface area contributed by atoms with Gasteiger partial charge in [-0.1, -0.05) is 48.5 Å². The van der Waals surface area contributed by atoms with E-state index in [-0.39, 0.29) is 0 Å². The molecule has 3 heteroatoms. The molecule has 0 bridgehead atoms. The zero-order valence-corrected chi connectivity index (χ0v) is 16.0. The van der Waals surface area contributed by atoms with E-state index in [9.17, 15) is 0 Å². The highest BCUT2D eigenvalue weighted by molar-refractivity contribution is 5.80. The summed E-state index contributed by atoms with van der Waals surface area (Å²) in [4.78, 5) is 10.0. The summed E-state index contributed by atoms with van der Waals surface area (Å²) in [7, 11) is 2.33. The van der Waals surface area contributed by atoms with Crippen LogP contribution in [0, 0.1) is 0 Å². The summed E-state index contributed by atoms with van der Waals surface area (Å²) in [5.41, 5.74) is 2.95. The Morgan fingerprint density at radius 1 is 0.889 bits per heavy atom. The number of likely N-dealkylation sites (N-methyl/N-ethyl adjacent to an activating group) is 1. The quantitative estimate of drug-likeness (QED) is 0.663. The molecule has 27 heavy (non-hydrogen) atoms. The molecule has 1 atom stereocenters. The summed E-state index contributed by atoms with van der Waals surface area (Å²) in [5, 5.41) is 1.22. The molecule has 2 fully saturated rings. The fourth-order valence-corrected chi connectivity index (χ4v) is 5.12. The van der Waals surface area contributed by atoms with Crippen LogP contribution in [0.4, 0.5) is 5.82 Å². The highest BCUT2D eigenvalue weighted by atomic mass is 15.3. The fourth-order valence-electron chi connectivity index (χ4n) is 5.12. The van der Waals surface area contributed by atoms with Crippen LogP contribution in [-0.4, -0.2) is 42.1 Å². The van der Waals surface area contributed by atoms with E-state index in [4.69, 9.17) is 4.98 Å². The van der Waals surface area contributed by atoms with Crippen molar-refractivity contribution >= 4 is 16.7 Å². The van der Waals surface area contributed by atoms with Crippen LogP contribution in [0.2, 0.25) is 0 Å². The summed E-state index contributed by atoms with van der Waals surface area (Å²) < 4.78 is 0. The van der Waals surface area contributed by atoms with Gasteiger partial charge in [-0.25, -0.2) is 4.98 Å². The van der Waals surface area contributed by atoms with Crippen LogP contribution in [0.1, 0.15) is 30.7 Å². The van der Waals surface area contributed by atoms with Crippen molar-refractivity contribution in [3.8, 4) is 0 Å². The Kier molecular flexibility index (Phi) is 4.13. The van der Waals surface area contributed by atoms with Gasteiger partial charge in [-0.3, -0.25) is 4.90 Å². The zero-order valence-electron chi connectivity index (χ0n) is 16.0. The van der Waals surface area contributed by atoms with Gasteiger partial charge in [0.25, 0.3) is 0 Å². The van der Waals surface area contributed by atoms with Gasteiger partial charge in [0.05, 0.1) is 5.52 Å². The molecule has 0 saturated carbocycles. The number of nitrogens with zero attached hydrogens (tertiary/aromatic N) is 3. The van der Waals surface area contributed by atoms with Crippen LogP contribution in [0.25, 0.3) is 10.9 Å². The molecule has 2 aliphatic heterocycles. The lowest BCUT2D eigenvalue weighted by Gasteiger charge is -2.44. The van der Waals surface area contributed by atoms with Crippen LogP contribution in [0.15, 0.2) is 66.7 Å². The van der Waals surface area contributed by atoms with E-state index in [0.717, 1.165) is 24.4 Å². The molecule has 2 aliphatic rings. The van der Waals surface area contributed by atoms with Gasteiger partial charge < -0.3 is 4.90 Å². The summed E-state index contributed by atoms with van der Waals surface area (Å²) in [6, 6.07) is 23.8. The van der Waals surface area contributed by atoms with E-state index in [2.05, 4.69) is 83.6 Å². The number of rotatable bonds is 2. The number of pyridine rings is 1. The molecular formula is C24H27N3. The summed E-state index contributed by atoms with van der Waals surface area (Å²) in [6.45, 7) is 3.37. The maximum atomic E-state index is 4.91. The largest absolute Gasteiger partial charge is 0.356 e. The molecule has 1 aromatic heterocycles.